The van der Waals surface area contributed by atoms with Crippen LogP contribution in [0.2, 0.25) is 0 Å². The number of aliphatic hydroxyl groups excluding tert-OH is 1. The van der Waals surface area contributed by atoms with Gasteiger partial charge in [0.1, 0.15) is 12.2 Å². The highest BCUT2D eigenvalue weighted by Crippen LogP contribution is 2.71. The normalized spacial score (nSPS) is 56.4. The predicted molar refractivity (Wildman–Crippen MR) is 103 cm³/mol. The van der Waals surface area contributed by atoms with Crippen LogP contribution in [0.5, 0.6) is 0 Å². The van der Waals surface area contributed by atoms with Gasteiger partial charge in [0.15, 0.2) is 19.4 Å². The molecule has 8 atom stereocenters. The molecule has 0 aromatic heterocycles. The zero-order valence-corrected chi connectivity index (χ0v) is 17.4. The van der Waals surface area contributed by atoms with E-state index in [-0.39, 0.29) is 36.1 Å². The molecule has 2 spiro atoms. The van der Waals surface area contributed by atoms with Crippen molar-refractivity contribution in [3.05, 3.63) is 11.6 Å². The summed E-state index contributed by atoms with van der Waals surface area (Å²) in [5, 5.41) is 11.6. The van der Waals surface area contributed by atoms with Gasteiger partial charge in [0.05, 0.1) is 6.10 Å². The maximum Gasteiger partial charge on any atom is 0.226 e. The molecule has 3 saturated carbocycles. The largest absolute Gasteiger partial charge is 0.393 e. The van der Waals surface area contributed by atoms with Gasteiger partial charge in [-0.3, -0.25) is 4.79 Å². The standard InChI is InChI=1S/C23H32O6/c1-20-7-5-15(24)9-14(20)3-4-16-17-6-8-22(21(17,2)10-18(25)19(16)20)23(29-13-27-22)11-26-12-28-23/h9,16-19,25H,3-8,10-13H2,1-2H3/t16-,17-,18-,19+,20-,21-,22+,23?/m1/s1. The highest BCUT2D eigenvalue weighted by molar-refractivity contribution is 5.91. The lowest BCUT2D eigenvalue weighted by atomic mass is 9.45. The smallest absolute Gasteiger partial charge is 0.226 e. The van der Waals surface area contributed by atoms with Gasteiger partial charge < -0.3 is 24.1 Å². The lowest BCUT2D eigenvalue weighted by molar-refractivity contribution is -0.257. The van der Waals surface area contributed by atoms with E-state index < -0.39 is 17.5 Å². The number of fused-ring (bicyclic) bond motifs is 7. The third-order valence-electron chi connectivity index (χ3n) is 9.90. The molecular formula is C23H32O6. The van der Waals surface area contributed by atoms with Crippen molar-refractivity contribution < 1.29 is 28.8 Å². The molecular weight excluding hydrogens is 372 g/mol. The Morgan fingerprint density at radius 3 is 2.69 bits per heavy atom. The fourth-order valence-electron chi connectivity index (χ4n) is 8.66. The summed E-state index contributed by atoms with van der Waals surface area (Å²) in [6.07, 6.45) is 7.58. The summed E-state index contributed by atoms with van der Waals surface area (Å²) >= 11 is 0. The van der Waals surface area contributed by atoms with Crippen molar-refractivity contribution in [3.63, 3.8) is 0 Å². The number of hydrogen-bond donors (Lipinski definition) is 1. The van der Waals surface area contributed by atoms with Gasteiger partial charge in [-0.15, -0.1) is 0 Å². The number of ketones is 1. The molecule has 0 bridgehead atoms. The number of ether oxygens (including phenoxy) is 4. The molecule has 29 heavy (non-hydrogen) atoms. The molecule has 0 amide bonds. The van der Waals surface area contributed by atoms with Crippen LogP contribution in [-0.4, -0.2) is 48.6 Å². The highest BCUT2D eigenvalue weighted by atomic mass is 16.9. The molecule has 0 aromatic rings. The first-order valence-corrected chi connectivity index (χ1v) is 11.3. The molecule has 2 heterocycles. The maximum atomic E-state index is 12.1. The van der Waals surface area contributed by atoms with Crippen LogP contribution in [0.3, 0.4) is 0 Å². The Bertz CT molecular complexity index is 766. The van der Waals surface area contributed by atoms with E-state index in [1.807, 2.05) is 6.08 Å². The lowest BCUT2D eigenvalue weighted by Gasteiger charge is -2.61. The van der Waals surface area contributed by atoms with Gasteiger partial charge in [0.2, 0.25) is 5.79 Å². The molecule has 2 aliphatic heterocycles. The average Bonchev–Trinajstić information content (AvgIpc) is 3.37. The zero-order valence-electron chi connectivity index (χ0n) is 17.4. The van der Waals surface area contributed by atoms with Crippen molar-refractivity contribution in [3.8, 4) is 0 Å². The minimum Gasteiger partial charge on any atom is -0.393 e. The Kier molecular flexibility index (Phi) is 3.86. The van der Waals surface area contributed by atoms with E-state index in [0.717, 1.165) is 32.1 Å². The van der Waals surface area contributed by atoms with Crippen LogP contribution in [0.1, 0.15) is 58.8 Å². The molecule has 2 saturated heterocycles. The quantitative estimate of drug-likeness (QED) is 0.669. The van der Waals surface area contributed by atoms with E-state index in [1.165, 1.54) is 5.57 Å². The van der Waals surface area contributed by atoms with Gasteiger partial charge in [-0.2, -0.15) is 0 Å². The first-order chi connectivity index (χ1) is 13.9. The van der Waals surface area contributed by atoms with Crippen LogP contribution in [0.15, 0.2) is 11.6 Å². The third-order valence-corrected chi connectivity index (χ3v) is 9.90. The van der Waals surface area contributed by atoms with Crippen molar-refractivity contribution >= 4 is 5.78 Å². The Morgan fingerprint density at radius 1 is 1.07 bits per heavy atom. The second kappa shape index (κ2) is 5.92. The fraction of sp³-hybridized carbons (Fsp3) is 0.870. The molecule has 5 fully saturated rings. The molecule has 6 rings (SSSR count). The summed E-state index contributed by atoms with van der Waals surface area (Å²) < 4.78 is 24.1. The van der Waals surface area contributed by atoms with Gasteiger partial charge in [0.25, 0.3) is 0 Å². The van der Waals surface area contributed by atoms with Crippen molar-refractivity contribution in [1.29, 1.82) is 0 Å². The Labute approximate surface area is 171 Å². The second-order valence-electron chi connectivity index (χ2n) is 10.7. The van der Waals surface area contributed by atoms with E-state index in [9.17, 15) is 9.90 Å². The number of aliphatic hydroxyl groups is 1. The van der Waals surface area contributed by atoms with Gasteiger partial charge >= 0.3 is 0 Å². The Morgan fingerprint density at radius 2 is 1.90 bits per heavy atom. The molecule has 0 aromatic carbocycles. The SMILES string of the molecule is C[C@@]12CCC(=O)C=C1CC[C@H]1[C@H]2[C@H](O)C[C@]2(C)[C@@H]1CC[C@]21OCOC12COCO2. The zero-order chi connectivity index (χ0) is 20.1. The molecule has 0 radical (unpaired) electrons. The summed E-state index contributed by atoms with van der Waals surface area (Å²) in [5.41, 5.74) is 0.423. The summed E-state index contributed by atoms with van der Waals surface area (Å²) in [7, 11) is 0. The third kappa shape index (κ3) is 2.13. The molecule has 6 aliphatic rings. The van der Waals surface area contributed by atoms with Crippen LogP contribution in [0.4, 0.5) is 0 Å². The van der Waals surface area contributed by atoms with Crippen LogP contribution >= 0.6 is 0 Å². The fourth-order valence-corrected chi connectivity index (χ4v) is 8.66. The number of rotatable bonds is 0. The van der Waals surface area contributed by atoms with E-state index in [1.54, 1.807) is 0 Å². The summed E-state index contributed by atoms with van der Waals surface area (Å²) in [6.45, 7) is 5.44. The van der Waals surface area contributed by atoms with Crippen LogP contribution in [0, 0.1) is 28.6 Å². The second-order valence-corrected chi connectivity index (χ2v) is 10.7. The molecule has 1 unspecified atom stereocenters. The molecule has 4 aliphatic carbocycles. The van der Waals surface area contributed by atoms with E-state index in [4.69, 9.17) is 18.9 Å². The number of allylic oxidation sites excluding steroid dienone is 1. The van der Waals surface area contributed by atoms with Gasteiger partial charge in [0, 0.05) is 11.8 Å². The predicted octanol–water partition coefficient (Wildman–Crippen LogP) is 2.93. The van der Waals surface area contributed by atoms with Crippen molar-refractivity contribution in [1.82, 2.24) is 0 Å². The number of carbonyl (C=O) groups is 1. The Balaban J connectivity index is 1.41. The van der Waals surface area contributed by atoms with Gasteiger partial charge in [-0.1, -0.05) is 19.4 Å². The van der Waals surface area contributed by atoms with Gasteiger partial charge in [-0.25, -0.2) is 0 Å². The van der Waals surface area contributed by atoms with Crippen LogP contribution in [-0.2, 0) is 23.7 Å². The van der Waals surface area contributed by atoms with Crippen molar-refractivity contribution in [2.24, 2.45) is 28.6 Å². The maximum absolute atomic E-state index is 12.1. The monoisotopic (exact) mass is 404 g/mol. The first-order valence-electron chi connectivity index (χ1n) is 11.3. The topological polar surface area (TPSA) is 74.2 Å². The van der Waals surface area contributed by atoms with Crippen LogP contribution in [0.25, 0.3) is 0 Å². The summed E-state index contributed by atoms with van der Waals surface area (Å²) in [4.78, 5) is 12.1. The Hall–Kier alpha value is -0.790. The molecule has 6 nitrogen and oxygen atoms in total. The highest BCUT2D eigenvalue weighted by Gasteiger charge is 2.76. The minimum atomic E-state index is -0.843. The van der Waals surface area contributed by atoms with Crippen LogP contribution < -0.4 is 0 Å². The number of carbonyl (C=O) groups excluding carboxylic acids is 1. The first kappa shape index (κ1) is 18.9. The molecule has 6 heteroatoms. The van der Waals surface area contributed by atoms with E-state index >= 15 is 0 Å². The minimum absolute atomic E-state index is 0.0645. The summed E-state index contributed by atoms with van der Waals surface area (Å²) in [5.74, 6) is 0.506. The summed E-state index contributed by atoms with van der Waals surface area (Å²) in [6, 6.07) is 0. The average molecular weight is 405 g/mol. The van der Waals surface area contributed by atoms with Gasteiger partial charge in [-0.05, 0) is 67.8 Å². The van der Waals surface area contributed by atoms with E-state index in [2.05, 4.69) is 13.8 Å². The van der Waals surface area contributed by atoms with Crippen molar-refractivity contribution in [2.75, 3.05) is 20.2 Å². The van der Waals surface area contributed by atoms with Crippen molar-refractivity contribution in [2.45, 2.75) is 76.3 Å². The lowest BCUT2D eigenvalue weighted by Crippen LogP contribution is -2.66. The molecule has 1 N–H and O–H groups in total. The number of hydrogen-bond acceptors (Lipinski definition) is 6. The van der Waals surface area contributed by atoms with E-state index in [0.29, 0.717) is 31.3 Å². The molecule has 160 valence electrons.